The molecular weight excluding hydrogens is 296 g/mol. The normalized spacial score (nSPS) is 11.7. The van der Waals surface area contributed by atoms with Gasteiger partial charge in [0.15, 0.2) is 6.10 Å². The van der Waals surface area contributed by atoms with Crippen LogP contribution in [0.5, 0.6) is 0 Å². The van der Waals surface area contributed by atoms with Gasteiger partial charge in [-0.15, -0.1) is 0 Å². The largest absolute Gasteiger partial charge is 0.465 e. The highest BCUT2D eigenvalue weighted by molar-refractivity contribution is 5.96. The first-order valence-corrected chi connectivity index (χ1v) is 6.81. The van der Waals surface area contributed by atoms with Crippen LogP contribution in [-0.4, -0.2) is 18.0 Å². The Balaban J connectivity index is 1.86. The standard InChI is InChI=1S/C17H14N2O4/c1-12(23-16(20)9-8-15-3-2-10-22-15)17(21)19-14-6-4-13(11-18)5-7-14/h2-10,12H,1H3,(H,19,21)/b9-8+/t12-/m1/s1. The number of rotatable bonds is 5. The van der Waals surface area contributed by atoms with Gasteiger partial charge >= 0.3 is 5.97 Å². The molecule has 0 aliphatic carbocycles. The molecule has 1 heterocycles. The number of hydrogen-bond acceptors (Lipinski definition) is 5. The smallest absolute Gasteiger partial charge is 0.331 e. The van der Waals surface area contributed by atoms with E-state index in [2.05, 4.69) is 5.32 Å². The zero-order chi connectivity index (χ0) is 16.7. The molecule has 2 rings (SSSR count). The zero-order valence-corrected chi connectivity index (χ0v) is 12.4. The van der Waals surface area contributed by atoms with Crippen molar-refractivity contribution in [3.05, 3.63) is 60.1 Å². The van der Waals surface area contributed by atoms with Crippen molar-refractivity contribution in [3.63, 3.8) is 0 Å². The number of ether oxygens (including phenoxy) is 1. The molecule has 1 amide bonds. The summed E-state index contributed by atoms with van der Waals surface area (Å²) in [4.78, 5) is 23.6. The third-order valence-corrected chi connectivity index (χ3v) is 2.87. The number of carbonyl (C=O) groups is 2. The molecule has 0 aliphatic rings. The first kappa shape index (κ1) is 16.0. The average molecular weight is 310 g/mol. The minimum absolute atomic E-state index is 0.463. The first-order chi connectivity index (χ1) is 11.1. The number of nitrogens with one attached hydrogen (secondary N) is 1. The summed E-state index contributed by atoms with van der Waals surface area (Å²) in [5.41, 5.74) is 1.01. The summed E-state index contributed by atoms with van der Waals surface area (Å²) in [6, 6.07) is 11.7. The van der Waals surface area contributed by atoms with Gasteiger partial charge in [0.1, 0.15) is 5.76 Å². The van der Waals surface area contributed by atoms with E-state index in [-0.39, 0.29) is 0 Å². The van der Waals surface area contributed by atoms with Gasteiger partial charge in [0.2, 0.25) is 0 Å². The van der Waals surface area contributed by atoms with E-state index >= 15 is 0 Å². The van der Waals surface area contributed by atoms with Crippen LogP contribution in [0, 0.1) is 11.3 Å². The van der Waals surface area contributed by atoms with Gasteiger partial charge in [-0.2, -0.15) is 5.26 Å². The van der Waals surface area contributed by atoms with Gasteiger partial charge in [0.05, 0.1) is 17.9 Å². The Hall–Kier alpha value is -3.33. The van der Waals surface area contributed by atoms with Gasteiger partial charge in [0, 0.05) is 11.8 Å². The molecule has 1 N–H and O–H groups in total. The highest BCUT2D eigenvalue weighted by Crippen LogP contribution is 2.10. The number of carbonyl (C=O) groups excluding carboxylic acids is 2. The molecule has 6 heteroatoms. The SMILES string of the molecule is C[C@@H](OC(=O)/C=C/c1ccco1)C(=O)Nc1ccc(C#N)cc1. The fraction of sp³-hybridized carbons (Fsp3) is 0.118. The van der Waals surface area contributed by atoms with Crippen molar-refractivity contribution >= 4 is 23.6 Å². The molecule has 0 saturated heterocycles. The lowest BCUT2D eigenvalue weighted by molar-refractivity contribution is -0.148. The quantitative estimate of drug-likeness (QED) is 0.677. The van der Waals surface area contributed by atoms with E-state index < -0.39 is 18.0 Å². The van der Waals surface area contributed by atoms with Gasteiger partial charge in [0.25, 0.3) is 5.91 Å². The number of benzene rings is 1. The lowest BCUT2D eigenvalue weighted by atomic mass is 10.2. The molecule has 0 unspecified atom stereocenters. The van der Waals surface area contributed by atoms with E-state index in [0.29, 0.717) is 17.0 Å². The van der Waals surface area contributed by atoms with E-state index in [1.165, 1.54) is 25.3 Å². The minimum atomic E-state index is -0.959. The Kier molecular flexibility index (Phi) is 5.31. The summed E-state index contributed by atoms with van der Waals surface area (Å²) in [6.07, 6.45) is 3.16. The maximum atomic E-state index is 11.9. The Morgan fingerprint density at radius 3 is 2.65 bits per heavy atom. The lowest BCUT2D eigenvalue weighted by Crippen LogP contribution is -2.29. The summed E-state index contributed by atoms with van der Waals surface area (Å²) in [7, 11) is 0. The Bertz CT molecular complexity index is 740. The number of esters is 1. The van der Waals surface area contributed by atoms with Crippen LogP contribution in [0.15, 0.2) is 53.2 Å². The Morgan fingerprint density at radius 1 is 1.30 bits per heavy atom. The third-order valence-electron chi connectivity index (χ3n) is 2.87. The number of nitriles is 1. The average Bonchev–Trinajstić information content (AvgIpc) is 3.07. The second-order valence-electron chi connectivity index (χ2n) is 4.61. The van der Waals surface area contributed by atoms with Crippen LogP contribution in [0.3, 0.4) is 0 Å². The third kappa shape index (κ3) is 4.86. The predicted molar refractivity (Wildman–Crippen MR) is 83.1 cm³/mol. The number of hydrogen-bond donors (Lipinski definition) is 1. The highest BCUT2D eigenvalue weighted by Gasteiger charge is 2.16. The molecule has 1 atom stereocenters. The van der Waals surface area contributed by atoms with Crippen molar-refractivity contribution in [3.8, 4) is 6.07 Å². The maximum absolute atomic E-state index is 11.9. The van der Waals surface area contributed by atoms with Crippen molar-refractivity contribution in [1.82, 2.24) is 0 Å². The summed E-state index contributed by atoms with van der Waals surface area (Å²) < 4.78 is 10.0. The summed E-state index contributed by atoms with van der Waals surface area (Å²) >= 11 is 0. The molecule has 116 valence electrons. The van der Waals surface area contributed by atoms with Crippen molar-refractivity contribution in [2.75, 3.05) is 5.32 Å². The second kappa shape index (κ2) is 7.61. The molecule has 23 heavy (non-hydrogen) atoms. The lowest BCUT2D eigenvalue weighted by Gasteiger charge is -2.12. The van der Waals surface area contributed by atoms with Gasteiger partial charge < -0.3 is 14.5 Å². The van der Waals surface area contributed by atoms with E-state index in [4.69, 9.17) is 14.4 Å². The van der Waals surface area contributed by atoms with E-state index in [9.17, 15) is 9.59 Å². The molecule has 0 fully saturated rings. The van der Waals surface area contributed by atoms with Crippen LogP contribution in [0.4, 0.5) is 5.69 Å². The number of anilines is 1. The molecule has 1 aromatic heterocycles. The fourth-order valence-electron chi connectivity index (χ4n) is 1.68. The van der Waals surface area contributed by atoms with Crippen LogP contribution < -0.4 is 5.32 Å². The van der Waals surface area contributed by atoms with Crippen molar-refractivity contribution in [1.29, 1.82) is 5.26 Å². The van der Waals surface area contributed by atoms with Crippen LogP contribution in [0.2, 0.25) is 0 Å². The number of nitrogens with zero attached hydrogens (tertiary/aromatic N) is 1. The summed E-state index contributed by atoms with van der Waals surface area (Å²) in [5.74, 6) is -0.602. The molecule has 2 aromatic rings. The fourth-order valence-corrected chi connectivity index (χ4v) is 1.68. The van der Waals surface area contributed by atoms with Crippen molar-refractivity contribution < 1.29 is 18.7 Å². The predicted octanol–water partition coefficient (Wildman–Crippen LogP) is 2.73. The van der Waals surface area contributed by atoms with E-state index in [1.807, 2.05) is 6.07 Å². The van der Waals surface area contributed by atoms with Crippen LogP contribution in [-0.2, 0) is 14.3 Å². The van der Waals surface area contributed by atoms with Crippen molar-refractivity contribution in [2.24, 2.45) is 0 Å². The summed E-state index contributed by atoms with van der Waals surface area (Å²) in [5, 5.41) is 11.3. The van der Waals surface area contributed by atoms with Gasteiger partial charge in [-0.3, -0.25) is 4.79 Å². The molecular formula is C17H14N2O4. The van der Waals surface area contributed by atoms with Gasteiger partial charge in [-0.1, -0.05) is 0 Å². The van der Waals surface area contributed by atoms with Crippen LogP contribution in [0.1, 0.15) is 18.2 Å². The Labute approximate surface area is 133 Å². The highest BCUT2D eigenvalue weighted by atomic mass is 16.5. The van der Waals surface area contributed by atoms with Crippen molar-refractivity contribution in [2.45, 2.75) is 13.0 Å². The topological polar surface area (TPSA) is 92.3 Å². The second-order valence-corrected chi connectivity index (χ2v) is 4.61. The molecule has 0 spiro atoms. The molecule has 0 saturated carbocycles. The molecule has 0 aliphatic heterocycles. The molecule has 0 radical (unpaired) electrons. The minimum Gasteiger partial charge on any atom is -0.465 e. The first-order valence-electron chi connectivity index (χ1n) is 6.81. The van der Waals surface area contributed by atoms with Gasteiger partial charge in [-0.05, 0) is 49.4 Å². The monoisotopic (exact) mass is 310 g/mol. The number of furan rings is 1. The van der Waals surface area contributed by atoms with Crippen LogP contribution in [0.25, 0.3) is 6.08 Å². The van der Waals surface area contributed by atoms with E-state index in [0.717, 1.165) is 0 Å². The molecule has 1 aromatic carbocycles. The Morgan fingerprint density at radius 2 is 2.04 bits per heavy atom. The van der Waals surface area contributed by atoms with E-state index in [1.54, 1.807) is 36.4 Å². The molecule has 6 nitrogen and oxygen atoms in total. The molecule has 0 bridgehead atoms. The zero-order valence-electron chi connectivity index (χ0n) is 12.4. The van der Waals surface area contributed by atoms with Gasteiger partial charge in [-0.25, -0.2) is 4.79 Å². The maximum Gasteiger partial charge on any atom is 0.331 e. The summed E-state index contributed by atoms with van der Waals surface area (Å²) in [6.45, 7) is 1.47. The number of amides is 1. The van der Waals surface area contributed by atoms with Crippen LogP contribution >= 0.6 is 0 Å².